The van der Waals surface area contributed by atoms with E-state index >= 15 is 0 Å². The van der Waals surface area contributed by atoms with Gasteiger partial charge < -0.3 is 15.0 Å². The maximum absolute atomic E-state index is 12.4. The Morgan fingerprint density at radius 3 is 3.04 bits per heavy atom. The van der Waals surface area contributed by atoms with Crippen molar-refractivity contribution in [1.82, 2.24) is 30.3 Å². The standard InChI is InChI=1S/C17H17ClN6O3/c18-12-6-2-1-4-10(12)9-24-15-13(22-23-24)16(25)21-14(20-15)17(26)19-8-11-5-3-7-27-11/h1-2,4,6,11H,3,5,7-9H2,(H,19,26)(H,20,21,25)/t11-/m1/s1. The summed E-state index contributed by atoms with van der Waals surface area (Å²) >= 11 is 6.18. The normalized spacial score (nSPS) is 16.7. The number of fused-ring (bicyclic) bond motifs is 1. The summed E-state index contributed by atoms with van der Waals surface area (Å²) in [5.74, 6) is -0.566. The summed E-state index contributed by atoms with van der Waals surface area (Å²) in [6.07, 6.45) is 1.88. The van der Waals surface area contributed by atoms with E-state index in [1.54, 1.807) is 6.07 Å². The SMILES string of the molecule is O=C(NC[C@H]1CCCO1)c1nc2c(nnn2Cc2ccccc2Cl)c(=O)[nH]1. The number of ether oxygens (including phenoxy) is 1. The molecule has 3 heterocycles. The summed E-state index contributed by atoms with van der Waals surface area (Å²) in [6, 6.07) is 7.29. The van der Waals surface area contributed by atoms with Gasteiger partial charge in [-0.25, -0.2) is 9.67 Å². The molecule has 3 aromatic rings. The monoisotopic (exact) mass is 388 g/mol. The van der Waals surface area contributed by atoms with E-state index in [2.05, 4.69) is 25.6 Å². The van der Waals surface area contributed by atoms with Gasteiger partial charge in [-0.2, -0.15) is 0 Å². The van der Waals surface area contributed by atoms with Crippen molar-refractivity contribution < 1.29 is 9.53 Å². The molecule has 0 saturated carbocycles. The highest BCUT2D eigenvalue weighted by molar-refractivity contribution is 6.31. The van der Waals surface area contributed by atoms with Gasteiger partial charge in [-0.15, -0.1) is 5.10 Å². The third kappa shape index (κ3) is 3.69. The Labute approximate surface area is 158 Å². The Kier molecular flexibility index (Phi) is 4.87. The number of carbonyl (C=O) groups is 1. The van der Waals surface area contributed by atoms with Crippen LogP contribution in [-0.2, 0) is 11.3 Å². The van der Waals surface area contributed by atoms with Crippen LogP contribution in [0.2, 0.25) is 5.02 Å². The topological polar surface area (TPSA) is 115 Å². The number of halogens is 1. The van der Waals surface area contributed by atoms with Gasteiger partial charge in [-0.05, 0) is 24.5 Å². The van der Waals surface area contributed by atoms with Crippen LogP contribution in [0.3, 0.4) is 0 Å². The molecule has 0 unspecified atom stereocenters. The molecule has 10 heteroatoms. The lowest BCUT2D eigenvalue weighted by atomic mass is 10.2. The molecule has 0 bridgehead atoms. The predicted molar refractivity (Wildman–Crippen MR) is 97.8 cm³/mol. The summed E-state index contributed by atoms with van der Waals surface area (Å²) in [4.78, 5) is 31.3. The van der Waals surface area contributed by atoms with Crippen molar-refractivity contribution in [2.24, 2.45) is 0 Å². The van der Waals surface area contributed by atoms with Gasteiger partial charge in [0.15, 0.2) is 11.2 Å². The summed E-state index contributed by atoms with van der Waals surface area (Å²) in [6.45, 7) is 1.36. The number of aromatic nitrogens is 5. The van der Waals surface area contributed by atoms with Gasteiger partial charge in [0.05, 0.1) is 12.6 Å². The van der Waals surface area contributed by atoms with Crippen molar-refractivity contribution in [2.45, 2.75) is 25.5 Å². The number of carbonyl (C=O) groups excluding carboxylic acids is 1. The van der Waals surface area contributed by atoms with E-state index < -0.39 is 11.5 Å². The molecule has 1 saturated heterocycles. The van der Waals surface area contributed by atoms with E-state index in [1.165, 1.54) is 4.68 Å². The Morgan fingerprint density at radius 2 is 2.26 bits per heavy atom. The maximum Gasteiger partial charge on any atom is 0.287 e. The fourth-order valence-electron chi connectivity index (χ4n) is 2.96. The van der Waals surface area contributed by atoms with Gasteiger partial charge in [0.2, 0.25) is 5.82 Å². The molecule has 4 rings (SSSR count). The molecule has 1 aliphatic heterocycles. The molecule has 0 spiro atoms. The summed E-state index contributed by atoms with van der Waals surface area (Å²) in [5.41, 5.74) is 0.573. The lowest BCUT2D eigenvalue weighted by Crippen LogP contribution is -2.34. The van der Waals surface area contributed by atoms with Crippen LogP contribution < -0.4 is 10.9 Å². The summed E-state index contributed by atoms with van der Waals surface area (Å²) < 4.78 is 6.92. The third-order valence-corrected chi connectivity index (χ3v) is 4.75. The van der Waals surface area contributed by atoms with Gasteiger partial charge >= 0.3 is 0 Å². The highest BCUT2D eigenvalue weighted by atomic mass is 35.5. The van der Waals surface area contributed by atoms with E-state index in [1.807, 2.05) is 18.2 Å². The highest BCUT2D eigenvalue weighted by Crippen LogP contribution is 2.17. The van der Waals surface area contributed by atoms with Crippen LogP contribution in [0.25, 0.3) is 11.2 Å². The van der Waals surface area contributed by atoms with Crippen molar-refractivity contribution in [3.8, 4) is 0 Å². The Hall–Kier alpha value is -2.78. The van der Waals surface area contributed by atoms with Gasteiger partial charge in [0, 0.05) is 18.2 Å². The summed E-state index contributed by atoms with van der Waals surface area (Å²) in [5, 5.41) is 11.1. The smallest absolute Gasteiger partial charge is 0.287 e. The van der Waals surface area contributed by atoms with Crippen molar-refractivity contribution in [3.63, 3.8) is 0 Å². The highest BCUT2D eigenvalue weighted by Gasteiger charge is 2.20. The predicted octanol–water partition coefficient (Wildman–Crippen LogP) is 1.13. The first kappa shape index (κ1) is 17.6. The molecule has 27 heavy (non-hydrogen) atoms. The minimum Gasteiger partial charge on any atom is -0.376 e. The van der Waals surface area contributed by atoms with E-state index in [0.29, 0.717) is 18.2 Å². The van der Waals surface area contributed by atoms with Crippen LogP contribution in [0.4, 0.5) is 0 Å². The van der Waals surface area contributed by atoms with E-state index in [0.717, 1.165) is 18.4 Å². The molecular formula is C17H17ClN6O3. The van der Waals surface area contributed by atoms with Crippen molar-refractivity contribution in [1.29, 1.82) is 0 Å². The van der Waals surface area contributed by atoms with Crippen LogP contribution in [0.1, 0.15) is 29.0 Å². The average molecular weight is 389 g/mol. The lowest BCUT2D eigenvalue weighted by Gasteiger charge is -2.10. The number of hydrogen-bond acceptors (Lipinski definition) is 6. The fourth-order valence-corrected chi connectivity index (χ4v) is 3.16. The molecule has 1 atom stereocenters. The first-order valence-electron chi connectivity index (χ1n) is 8.58. The Balaban J connectivity index is 1.60. The molecule has 1 aliphatic rings. The number of nitrogens with one attached hydrogen (secondary N) is 2. The summed E-state index contributed by atoms with van der Waals surface area (Å²) in [7, 11) is 0. The van der Waals surface area contributed by atoms with Gasteiger partial charge in [0.25, 0.3) is 11.5 Å². The molecule has 0 radical (unpaired) electrons. The van der Waals surface area contributed by atoms with Crippen LogP contribution in [0.15, 0.2) is 29.1 Å². The number of amides is 1. The second kappa shape index (κ2) is 7.45. The number of hydrogen-bond donors (Lipinski definition) is 2. The van der Waals surface area contributed by atoms with E-state index in [4.69, 9.17) is 16.3 Å². The van der Waals surface area contributed by atoms with E-state index in [-0.39, 0.29) is 29.6 Å². The second-order valence-electron chi connectivity index (χ2n) is 6.27. The largest absolute Gasteiger partial charge is 0.376 e. The van der Waals surface area contributed by atoms with Crippen LogP contribution >= 0.6 is 11.6 Å². The molecule has 140 valence electrons. The van der Waals surface area contributed by atoms with Gasteiger partial charge in [0.1, 0.15) is 0 Å². The van der Waals surface area contributed by atoms with Crippen LogP contribution in [-0.4, -0.2) is 50.1 Å². The molecule has 1 amide bonds. The lowest BCUT2D eigenvalue weighted by molar-refractivity contribution is 0.0849. The zero-order valence-corrected chi connectivity index (χ0v) is 15.1. The maximum atomic E-state index is 12.4. The number of aromatic amines is 1. The molecule has 2 N–H and O–H groups in total. The first-order valence-corrected chi connectivity index (χ1v) is 8.96. The van der Waals surface area contributed by atoms with Gasteiger partial charge in [-0.1, -0.05) is 35.0 Å². The average Bonchev–Trinajstić information content (AvgIpc) is 3.32. The number of benzene rings is 1. The van der Waals surface area contributed by atoms with Crippen molar-refractivity contribution in [3.05, 3.63) is 51.0 Å². The molecule has 1 aromatic carbocycles. The van der Waals surface area contributed by atoms with Crippen molar-refractivity contribution in [2.75, 3.05) is 13.2 Å². The zero-order valence-electron chi connectivity index (χ0n) is 14.3. The quantitative estimate of drug-likeness (QED) is 0.677. The molecule has 0 aliphatic carbocycles. The first-order chi connectivity index (χ1) is 13.1. The molecule has 1 fully saturated rings. The second-order valence-corrected chi connectivity index (χ2v) is 6.68. The van der Waals surface area contributed by atoms with Crippen LogP contribution in [0.5, 0.6) is 0 Å². The number of nitrogens with zero attached hydrogens (tertiary/aromatic N) is 4. The molecular weight excluding hydrogens is 372 g/mol. The Morgan fingerprint density at radius 1 is 1.41 bits per heavy atom. The minimum absolute atomic E-state index is 0.00294. The third-order valence-electron chi connectivity index (χ3n) is 4.38. The van der Waals surface area contributed by atoms with Crippen LogP contribution in [0, 0.1) is 0 Å². The number of rotatable bonds is 5. The van der Waals surface area contributed by atoms with Crippen molar-refractivity contribution >= 4 is 28.7 Å². The fraction of sp³-hybridized carbons (Fsp3) is 0.353. The van der Waals surface area contributed by atoms with E-state index in [9.17, 15) is 9.59 Å². The molecule has 9 nitrogen and oxygen atoms in total. The minimum atomic E-state index is -0.521. The Bertz CT molecular complexity index is 1040. The number of H-pyrrole nitrogens is 1. The van der Waals surface area contributed by atoms with Gasteiger partial charge in [-0.3, -0.25) is 9.59 Å². The zero-order chi connectivity index (χ0) is 18.8. The molecule has 2 aromatic heterocycles.